The van der Waals surface area contributed by atoms with E-state index in [-0.39, 0.29) is 11.9 Å². The van der Waals surface area contributed by atoms with Crippen LogP contribution in [-0.2, 0) is 10.8 Å². The minimum Gasteiger partial charge on any atom is -0.387 e. The molecule has 0 saturated heterocycles. The van der Waals surface area contributed by atoms with Crippen LogP contribution in [0, 0.1) is 6.92 Å². The first kappa shape index (κ1) is 14.6. The number of aromatic nitrogens is 1. The molecule has 1 aromatic rings. The Hall–Kier alpha value is -1.43. The number of hydrogen-bond acceptors (Lipinski definition) is 4. The number of carbonyl (C=O) groups is 1. The Bertz CT molecular complexity index is 463. The second kappa shape index (κ2) is 6.49. The Morgan fingerprint density at radius 1 is 1.56 bits per heavy atom. The molecule has 100 valence electrons. The summed E-state index contributed by atoms with van der Waals surface area (Å²) in [7, 11) is 0.835. The third-order valence-electron chi connectivity index (χ3n) is 2.42. The van der Waals surface area contributed by atoms with Gasteiger partial charge >= 0.3 is 0 Å². The van der Waals surface area contributed by atoms with E-state index in [2.05, 4.69) is 15.6 Å². The molecule has 0 aliphatic carbocycles. The van der Waals surface area contributed by atoms with Gasteiger partial charge in [0.05, 0.1) is 11.3 Å². The predicted octanol–water partition coefficient (Wildman–Crippen LogP) is 0.929. The van der Waals surface area contributed by atoms with E-state index in [1.807, 2.05) is 19.9 Å². The van der Waals surface area contributed by atoms with Crippen LogP contribution in [-0.4, -0.2) is 40.2 Å². The molecule has 18 heavy (non-hydrogen) atoms. The summed E-state index contributed by atoms with van der Waals surface area (Å²) >= 11 is 0. The van der Waals surface area contributed by atoms with Crippen LogP contribution >= 0.6 is 0 Å². The van der Waals surface area contributed by atoms with Crippen LogP contribution in [0.15, 0.2) is 12.3 Å². The highest BCUT2D eigenvalue weighted by atomic mass is 32.2. The fraction of sp³-hybridized carbons (Fsp3) is 0.500. The Balaban J connectivity index is 2.81. The quantitative estimate of drug-likeness (QED) is 0.834. The van der Waals surface area contributed by atoms with Crippen LogP contribution in [0.25, 0.3) is 0 Å². The van der Waals surface area contributed by atoms with Gasteiger partial charge in [0, 0.05) is 47.8 Å². The molecule has 0 bridgehead atoms. The molecule has 0 aliphatic heterocycles. The molecular formula is C12H19N3O2S. The third kappa shape index (κ3) is 4.10. The number of nitrogens with zero attached hydrogens (tertiary/aromatic N) is 1. The molecule has 1 amide bonds. The zero-order valence-corrected chi connectivity index (χ0v) is 11.9. The van der Waals surface area contributed by atoms with Gasteiger partial charge in [-0.15, -0.1) is 0 Å². The van der Waals surface area contributed by atoms with Gasteiger partial charge in [-0.25, -0.2) is 0 Å². The van der Waals surface area contributed by atoms with Gasteiger partial charge in [-0.1, -0.05) is 0 Å². The molecule has 0 saturated carbocycles. The normalized spacial score (nSPS) is 13.8. The molecular weight excluding hydrogens is 250 g/mol. The van der Waals surface area contributed by atoms with Crippen LogP contribution in [0.2, 0.25) is 0 Å². The monoisotopic (exact) mass is 269 g/mol. The highest BCUT2D eigenvalue weighted by Gasteiger charge is 2.14. The fourth-order valence-corrected chi connectivity index (χ4v) is 2.43. The Kier molecular flexibility index (Phi) is 5.27. The minimum absolute atomic E-state index is 0.130. The molecule has 0 radical (unpaired) electrons. The van der Waals surface area contributed by atoms with E-state index in [1.54, 1.807) is 19.5 Å². The summed E-state index contributed by atoms with van der Waals surface area (Å²) < 4.78 is 11.1. The van der Waals surface area contributed by atoms with Gasteiger partial charge in [0.2, 0.25) is 0 Å². The van der Waals surface area contributed by atoms with Crippen molar-refractivity contribution in [3.05, 3.63) is 23.5 Å². The zero-order valence-electron chi connectivity index (χ0n) is 11.1. The lowest BCUT2D eigenvalue weighted by Crippen LogP contribution is -2.36. The maximum Gasteiger partial charge on any atom is 0.255 e. The molecule has 1 rings (SSSR count). The maximum atomic E-state index is 12.0. The van der Waals surface area contributed by atoms with Crippen molar-refractivity contribution in [2.75, 3.05) is 24.4 Å². The van der Waals surface area contributed by atoms with E-state index < -0.39 is 10.8 Å². The van der Waals surface area contributed by atoms with Gasteiger partial charge in [0.15, 0.2) is 0 Å². The van der Waals surface area contributed by atoms with Crippen LogP contribution in [0.1, 0.15) is 23.0 Å². The summed E-state index contributed by atoms with van der Waals surface area (Å²) in [6.45, 7) is 3.70. The van der Waals surface area contributed by atoms with Crippen molar-refractivity contribution in [3.63, 3.8) is 0 Å². The van der Waals surface area contributed by atoms with Gasteiger partial charge in [0.25, 0.3) is 5.91 Å². The molecule has 1 aromatic heterocycles. The topological polar surface area (TPSA) is 71.1 Å². The van der Waals surface area contributed by atoms with E-state index in [0.29, 0.717) is 11.3 Å². The van der Waals surface area contributed by atoms with Crippen LogP contribution in [0.5, 0.6) is 0 Å². The van der Waals surface area contributed by atoms with E-state index in [4.69, 9.17) is 0 Å². The maximum absolute atomic E-state index is 12.0. The van der Waals surface area contributed by atoms with Crippen molar-refractivity contribution >= 4 is 22.4 Å². The van der Waals surface area contributed by atoms with E-state index in [1.165, 1.54) is 0 Å². The van der Waals surface area contributed by atoms with Crippen molar-refractivity contribution in [1.82, 2.24) is 10.3 Å². The van der Waals surface area contributed by atoms with Crippen molar-refractivity contribution in [1.29, 1.82) is 0 Å². The largest absolute Gasteiger partial charge is 0.387 e. The van der Waals surface area contributed by atoms with Crippen LogP contribution in [0.3, 0.4) is 0 Å². The summed E-state index contributed by atoms with van der Waals surface area (Å²) in [5.41, 5.74) is 2.08. The molecule has 1 heterocycles. The summed E-state index contributed by atoms with van der Waals surface area (Å²) in [6, 6.07) is 1.69. The predicted molar refractivity (Wildman–Crippen MR) is 74.4 cm³/mol. The number of amides is 1. The van der Waals surface area contributed by atoms with E-state index in [0.717, 1.165) is 11.4 Å². The summed E-state index contributed by atoms with van der Waals surface area (Å²) in [5.74, 6) is 0.240. The number of rotatable bonds is 5. The van der Waals surface area contributed by atoms with Crippen molar-refractivity contribution in [2.45, 2.75) is 19.9 Å². The van der Waals surface area contributed by atoms with Crippen molar-refractivity contribution < 1.29 is 9.00 Å². The lowest BCUT2D eigenvalue weighted by atomic mass is 10.2. The number of carbonyl (C=O) groups excluding carboxylic acids is 1. The molecule has 0 aliphatic rings. The smallest absolute Gasteiger partial charge is 0.255 e. The number of hydrogen-bond donors (Lipinski definition) is 2. The highest BCUT2D eigenvalue weighted by molar-refractivity contribution is 7.84. The first-order valence-electron chi connectivity index (χ1n) is 5.69. The van der Waals surface area contributed by atoms with Crippen LogP contribution < -0.4 is 10.6 Å². The summed E-state index contributed by atoms with van der Waals surface area (Å²) in [4.78, 5) is 16.2. The molecule has 0 spiro atoms. The van der Waals surface area contributed by atoms with Gasteiger partial charge in [-0.05, 0) is 19.9 Å². The van der Waals surface area contributed by atoms with E-state index >= 15 is 0 Å². The third-order valence-corrected chi connectivity index (χ3v) is 3.39. The fourth-order valence-electron chi connectivity index (χ4n) is 1.64. The lowest BCUT2D eigenvalue weighted by molar-refractivity contribution is 0.0944. The van der Waals surface area contributed by atoms with Crippen LogP contribution in [0.4, 0.5) is 5.69 Å². The van der Waals surface area contributed by atoms with Gasteiger partial charge in [-0.2, -0.15) is 0 Å². The number of nitrogens with one attached hydrogen (secondary N) is 2. The first-order chi connectivity index (χ1) is 8.43. The molecule has 2 unspecified atom stereocenters. The molecule has 2 atom stereocenters. The molecule has 2 N–H and O–H groups in total. The average molecular weight is 269 g/mol. The van der Waals surface area contributed by atoms with E-state index in [9.17, 15) is 9.00 Å². The second-order valence-corrected chi connectivity index (χ2v) is 5.72. The molecule has 0 aromatic carbocycles. The Morgan fingerprint density at radius 3 is 2.78 bits per heavy atom. The SMILES string of the molecule is CNc1cc(C)ncc1C(=O)NC(C)CS(C)=O. The average Bonchev–Trinajstić information content (AvgIpc) is 2.27. The Labute approximate surface area is 110 Å². The lowest BCUT2D eigenvalue weighted by Gasteiger charge is -2.14. The number of pyridine rings is 1. The zero-order chi connectivity index (χ0) is 13.7. The standard InChI is InChI=1S/C12H19N3O2S/c1-8-5-11(13-3)10(6-14-8)12(16)15-9(2)7-18(4)17/h5-6,9H,7H2,1-4H3,(H,13,14)(H,15,16). The van der Waals surface area contributed by atoms with Gasteiger partial charge < -0.3 is 10.6 Å². The second-order valence-electron chi connectivity index (χ2n) is 4.24. The molecule has 5 nitrogen and oxygen atoms in total. The highest BCUT2D eigenvalue weighted by Crippen LogP contribution is 2.14. The number of aryl methyl sites for hydroxylation is 1. The summed E-state index contributed by atoms with van der Waals surface area (Å²) in [6.07, 6.45) is 3.17. The summed E-state index contributed by atoms with van der Waals surface area (Å²) in [5, 5.41) is 5.78. The van der Waals surface area contributed by atoms with Crippen molar-refractivity contribution in [3.8, 4) is 0 Å². The number of anilines is 1. The van der Waals surface area contributed by atoms with Gasteiger partial charge in [0.1, 0.15) is 0 Å². The van der Waals surface area contributed by atoms with Gasteiger partial charge in [-0.3, -0.25) is 14.0 Å². The minimum atomic E-state index is -0.925. The molecule has 0 fully saturated rings. The Morgan fingerprint density at radius 2 is 2.22 bits per heavy atom. The van der Waals surface area contributed by atoms with Crippen molar-refractivity contribution in [2.24, 2.45) is 0 Å². The first-order valence-corrected chi connectivity index (χ1v) is 7.42. The molecule has 6 heteroatoms.